The molecule has 0 saturated carbocycles. The van der Waals surface area contributed by atoms with Gasteiger partial charge in [-0.25, -0.2) is 14.3 Å². The van der Waals surface area contributed by atoms with Crippen molar-refractivity contribution in [3.8, 4) is 0 Å². The molecule has 1 aromatic heterocycles. The van der Waals surface area contributed by atoms with Crippen molar-refractivity contribution in [3.63, 3.8) is 0 Å². The third kappa shape index (κ3) is 3.18. The van der Waals surface area contributed by atoms with Crippen LogP contribution in [0.5, 0.6) is 0 Å². The van der Waals surface area contributed by atoms with E-state index in [2.05, 4.69) is 20.9 Å². The summed E-state index contributed by atoms with van der Waals surface area (Å²) in [5.41, 5.74) is -0.478. The van der Waals surface area contributed by atoms with Crippen LogP contribution in [-0.2, 0) is 4.74 Å². The molecule has 1 rings (SSSR count). The summed E-state index contributed by atoms with van der Waals surface area (Å²) in [5, 5.41) is 0. The second kappa shape index (κ2) is 3.49. The first kappa shape index (κ1) is 10.2. The van der Waals surface area contributed by atoms with Gasteiger partial charge in [0, 0.05) is 6.20 Å². The summed E-state index contributed by atoms with van der Waals surface area (Å²) in [5.74, 6) is 0. The Morgan fingerprint density at radius 3 is 2.62 bits per heavy atom. The molecule has 0 saturated heterocycles. The van der Waals surface area contributed by atoms with E-state index in [0.717, 1.165) is 0 Å². The van der Waals surface area contributed by atoms with Crippen LogP contribution in [-0.4, -0.2) is 21.2 Å². The minimum absolute atomic E-state index is 0.425. The normalized spacial score (nSPS) is 11.4. The zero-order chi connectivity index (χ0) is 10.1. The highest BCUT2D eigenvalue weighted by Crippen LogP contribution is 2.10. The molecule has 0 spiro atoms. The molecular weight excluding hydrogens is 236 g/mol. The number of carbonyl (C=O) groups is 1. The maximum Gasteiger partial charge on any atom is 0.419 e. The van der Waals surface area contributed by atoms with E-state index >= 15 is 0 Å². The SMILES string of the molecule is CC(C)(C)OC(=O)n1cnc(Br)c1. The van der Waals surface area contributed by atoms with Crippen molar-refractivity contribution < 1.29 is 9.53 Å². The second-order valence-corrected chi connectivity index (χ2v) is 4.40. The van der Waals surface area contributed by atoms with E-state index in [4.69, 9.17) is 4.74 Å². The van der Waals surface area contributed by atoms with Crippen LogP contribution in [0, 0.1) is 0 Å². The highest BCUT2D eigenvalue weighted by molar-refractivity contribution is 9.10. The molecule has 1 aromatic rings. The van der Waals surface area contributed by atoms with Gasteiger partial charge in [0.15, 0.2) is 0 Å². The quantitative estimate of drug-likeness (QED) is 0.707. The number of imidazole rings is 1. The van der Waals surface area contributed by atoms with E-state index in [1.807, 2.05) is 20.8 Å². The second-order valence-electron chi connectivity index (χ2n) is 3.58. The lowest BCUT2D eigenvalue weighted by atomic mass is 10.2. The molecule has 0 amide bonds. The fraction of sp³-hybridized carbons (Fsp3) is 0.500. The molecule has 0 aromatic carbocycles. The lowest BCUT2D eigenvalue weighted by Crippen LogP contribution is -2.26. The number of ether oxygens (including phenoxy) is 1. The molecule has 13 heavy (non-hydrogen) atoms. The number of hydrogen-bond acceptors (Lipinski definition) is 3. The van der Waals surface area contributed by atoms with Crippen molar-refractivity contribution in [2.24, 2.45) is 0 Å². The molecule has 4 nitrogen and oxygen atoms in total. The van der Waals surface area contributed by atoms with Crippen molar-refractivity contribution in [1.29, 1.82) is 0 Å². The molecule has 5 heteroatoms. The van der Waals surface area contributed by atoms with Crippen LogP contribution < -0.4 is 0 Å². The first-order valence-electron chi connectivity index (χ1n) is 3.81. The van der Waals surface area contributed by atoms with E-state index in [9.17, 15) is 4.79 Å². The van der Waals surface area contributed by atoms with Gasteiger partial charge in [0.05, 0.1) is 0 Å². The van der Waals surface area contributed by atoms with Crippen molar-refractivity contribution in [2.45, 2.75) is 26.4 Å². The van der Waals surface area contributed by atoms with Gasteiger partial charge in [-0.05, 0) is 36.7 Å². The first-order chi connectivity index (χ1) is 5.88. The lowest BCUT2D eigenvalue weighted by molar-refractivity contribution is 0.0536. The lowest BCUT2D eigenvalue weighted by Gasteiger charge is -2.18. The van der Waals surface area contributed by atoms with Gasteiger partial charge in [0.1, 0.15) is 16.5 Å². The predicted octanol–water partition coefficient (Wildman–Crippen LogP) is 2.43. The Labute approximate surface area is 85.0 Å². The molecule has 0 radical (unpaired) electrons. The number of hydrogen-bond donors (Lipinski definition) is 0. The third-order valence-corrected chi connectivity index (χ3v) is 1.56. The monoisotopic (exact) mass is 246 g/mol. The van der Waals surface area contributed by atoms with Crippen molar-refractivity contribution in [1.82, 2.24) is 9.55 Å². The highest BCUT2D eigenvalue weighted by Gasteiger charge is 2.17. The van der Waals surface area contributed by atoms with Crippen LogP contribution in [0.2, 0.25) is 0 Å². The average molecular weight is 247 g/mol. The summed E-state index contributed by atoms with van der Waals surface area (Å²) < 4.78 is 7.00. The molecular formula is C8H11BrN2O2. The van der Waals surface area contributed by atoms with Crippen LogP contribution in [0.1, 0.15) is 20.8 Å². The predicted molar refractivity (Wildman–Crippen MR) is 51.6 cm³/mol. The summed E-state index contributed by atoms with van der Waals surface area (Å²) in [6.07, 6.45) is 2.53. The fourth-order valence-electron chi connectivity index (χ4n) is 0.713. The number of nitrogens with zero attached hydrogens (tertiary/aromatic N) is 2. The summed E-state index contributed by atoms with van der Waals surface area (Å²) in [4.78, 5) is 15.2. The fourth-order valence-corrected chi connectivity index (χ4v) is 1.03. The van der Waals surface area contributed by atoms with Gasteiger partial charge in [-0.2, -0.15) is 0 Å². The van der Waals surface area contributed by atoms with E-state index in [-0.39, 0.29) is 0 Å². The molecule has 0 aliphatic heterocycles. The van der Waals surface area contributed by atoms with Crippen LogP contribution in [0.3, 0.4) is 0 Å². The van der Waals surface area contributed by atoms with Crippen LogP contribution in [0.4, 0.5) is 4.79 Å². The highest BCUT2D eigenvalue weighted by atomic mass is 79.9. The van der Waals surface area contributed by atoms with Crippen molar-refractivity contribution >= 4 is 22.0 Å². The van der Waals surface area contributed by atoms with Gasteiger partial charge < -0.3 is 4.74 Å². The average Bonchev–Trinajstić information content (AvgIpc) is 2.31. The molecule has 0 atom stereocenters. The summed E-state index contributed by atoms with van der Waals surface area (Å²) >= 11 is 3.14. The number of aromatic nitrogens is 2. The van der Waals surface area contributed by atoms with Crippen molar-refractivity contribution in [3.05, 3.63) is 17.1 Å². The summed E-state index contributed by atoms with van der Waals surface area (Å²) in [7, 11) is 0. The molecule has 1 heterocycles. The van der Waals surface area contributed by atoms with Crippen LogP contribution in [0.15, 0.2) is 17.1 Å². The maximum absolute atomic E-state index is 11.4. The van der Waals surface area contributed by atoms with Gasteiger partial charge in [-0.1, -0.05) is 0 Å². The zero-order valence-corrected chi connectivity index (χ0v) is 9.33. The standard InChI is InChI=1S/C8H11BrN2O2/c1-8(2,3)13-7(12)11-4-6(9)10-5-11/h4-5H,1-3H3. The van der Waals surface area contributed by atoms with Gasteiger partial charge in [0.2, 0.25) is 0 Å². The van der Waals surface area contributed by atoms with Gasteiger partial charge in [-0.3, -0.25) is 0 Å². The summed E-state index contributed by atoms with van der Waals surface area (Å²) in [6, 6.07) is 0. The minimum Gasteiger partial charge on any atom is -0.443 e. The molecule has 0 fully saturated rings. The van der Waals surface area contributed by atoms with E-state index in [0.29, 0.717) is 4.60 Å². The smallest absolute Gasteiger partial charge is 0.419 e. The van der Waals surface area contributed by atoms with E-state index in [1.54, 1.807) is 6.20 Å². The first-order valence-corrected chi connectivity index (χ1v) is 4.60. The van der Waals surface area contributed by atoms with E-state index < -0.39 is 11.7 Å². The zero-order valence-electron chi connectivity index (χ0n) is 7.74. The Morgan fingerprint density at radius 1 is 1.62 bits per heavy atom. The van der Waals surface area contributed by atoms with Crippen LogP contribution in [0.25, 0.3) is 0 Å². The Bertz CT molecular complexity index is 314. The topological polar surface area (TPSA) is 44.1 Å². The Hall–Kier alpha value is -0.840. The van der Waals surface area contributed by atoms with Gasteiger partial charge >= 0.3 is 6.09 Å². The maximum atomic E-state index is 11.4. The molecule has 72 valence electrons. The largest absolute Gasteiger partial charge is 0.443 e. The number of carbonyl (C=O) groups excluding carboxylic acids is 1. The third-order valence-electron chi connectivity index (χ3n) is 1.16. The number of halogens is 1. The molecule has 0 aliphatic carbocycles. The molecule has 0 aliphatic rings. The van der Waals surface area contributed by atoms with E-state index in [1.165, 1.54) is 10.9 Å². The molecule has 0 unspecified atom stereocenters. The minimum atomic E-state index is -0.478. The Balaban J connectivity index is 2.70. The Kier molecular flexibility index (Phi) is 2.75. The van der Waals surface area contributed by atoms with Gasteiger partial charge in [0.25, 0.3) is 0 Å². The Morgan fingerprint density at radius 2 is 2.23 bits per heavy atom. The number of rotatable bonds is 0. The van der Waals surface area contributed by atoms with Gasteiger partial charge in [-0.15, -0.1) is 0 Å². The van der Waals surface area contributed by atoms with Crippen LogP contribution >= 0.6 is 15.9 Å². The molecule has 0 bridgehead atoms. The summed E-state index contributed by atoms with van der Waals surface area (Å²) in [6.45, 7) is 5.45. The van der Waals surface area contributed by atoms with Crippen molar-refractivity contribution in [2.75, 3.05) is 0 Å². The molecule has 0 N–H and O–H groups in total.